The van der Waals surface area contributed by atoms with Crippen molar-refractivity contribution < 1.29 is 12.8 Å². The Morgan fingerprint density at radius 3 is 2.64 bits per heavy atom. The lowest BCUT2D eigenvalue weighted by atomic mass is 10.4. The number of anilines is 2. The third-order valence-corrected chi connectivity index (χ3v) is 4.39. The third kappa shape index (κ3) is 4.42. The first kappa shape index (κ1) is 16.7. The van der Waals surface area contributed by atoms with Crippen molar-refractivity contribution in [3.05, 3.63) is 66.2 Å². The molecule has 0 spiro atoms. The summed E-state index contributed by atoms with van der Waals surface area (Å²) in [4.78, 5) is 8.33. The Morgan fingerprint density at radius 1 is 1.12 bits per heavy atom. The summed E-state index contributed by atoms with van der Waals surface area (Å²) in [6.07, 6.45) is 3.01. The second-order valence-corrected chi connectivity index (χ2v) is 6.70. The number of nitrogens with zero attached hydrogens (tertiary/aromatic N) is 3. The van der Waals surface area contributed by atoms with E-state index in [2.05, 4.69) is 25.2 Å². The van der Waals surface area contributed by atoms with E-state index in [-0.39, 0.29) is 10.8 Å². The number of sulfonamides is 1. The zero-order valence-corrected chi connectivity index (χ0v) is 14.1. The summed E-state index contributed by atoms with van der Waals surface area (Å²) in [6, 6.07) is 13.1. The van der Waals surface area contributed by atoms with Gasteiger partial charge in [-0.05, 0) is 31.2 Å². The van der Waals surface area contributed by atoms with Crippen molar-refractivity contribution in [2.45, 2.75) is 11.8 Å². The van der Waals surface area contributed by atoms with Gasteiger partial charge in [-0.25, -0.2) is 18.1 Å². The standard InChI is InChI=1S/C16H15N5O3S/c1-12-10-15(20-17-11-13-6-5-9-24-13)19-16(18-12)21-25(22,23)14-7-3-2-4-8-14/h2-11H,1H3,(H2,18,19,20,21)/b17-11+. The Balaban J connectivity index is 1.77. The predicted octanol–water partition coefficient (Wildman–Crippen LogP) is 2.62. The van der Waals surface area contributed by atoms with Crippen LogP contribution in [-0.4, -0.2) is 24.6 Å². The van der Waals surface area contributed by atoms with Crippen molar-refractivity contribution in [3.63, 3.8) is 0 Å². The Labute approximate surface area is 144 Å². The van der Waals surface area contributed by atoms with E-state index in [0.29, 0.717) is 17.3 Å². The molecule has 0 saturated heterocycles. The second-order valence-electron chi connectivity index (χ2n) is 5.02. The van der Waals surface area contributed by atoms with Crippen molar-refractivity contribution >= 4 is 28.0 Å². The average molecular weight is 357 g/mol. The van der Waals surface area contributed by atoms with Gasteiger partial charge in [-0.2, -0.15) is 10.1 Å². The highest BCUT2D eigenvalue weighted by Crippen LogP contribution is 2.15. The van der Waals surface area contributed by atoms with E-state index in [4.69, 9.17) is 4.42 Å². The first-order chi connectivity index (χ1) is 12.0. The van der Waals surface area contributed by atoms with E-state index in [9.17, 15) is 8.42 Å². The minimum atomic E-state index is -3.76. The molecule has 3 aromatic rings. The molecule has 2 aromatic heterocycles. The Kier molecular flexibility index (Phi) is 4.75. The minimum absolute atomic E-state index is 0.0421. The number of hydrogen-bond acceptors (Lipinski definition) is 7. The summed E-state index contributed by atoms with van der Waals surface area (Å²) in [5, 5.41) is 3.98. The highest BCUT2D eigenvalue weighted by molar-refractivity contribution is 7.92. The van der Waals surface area contributed by atoms with Gasteiger partial charge in [0.25, 0.3) is 10.0 Å². The zero-order chi connectivity index (χ0) is 17.7. The van der Waals surface area contributed by atoms with Crippen molar-refractivity contribution in [3.8, 4) is 0 Å². The molecule has 0 aliphatic heterocycles. The maximum absolute atomic E-state index is 12.3. The number of hydrazone groups is 1. The van der Waals surface area contributed by atoms with Gasteiger partial charge in [0.1, 0.15) is 5.76 Å². The van der Waals surface area contributed by atoms with Crippen LogP contribution in [0.25, 0.3) is 0 Å². The smallest absolute Gasteiger partial charge is 0.264 e. The Hall–Kier alpha value is -3.20. The molecule has 3 rings (SSSR count). The normalized spacial score (nSPS) is 11.6. The SMILES string of the molecule is Cc1cc(N/N=C/c2ccco2)nc(NS(=O)(=O)c2ccccc2)n1. The van der Waals surface area contributed by atoms with E-state index in [1.165, 1.54) is 24.6 Å². The first-order valence-electron chi connectivity index (χ1n) is 7.29. The lowest BCUT2D eigenvalue weighted by Gasteiger charge is -2.08. The highest BCUT2D eigenvalue weighted by atomic mass is 32.2. The van der Waals surface area contributed by atoms with E-state index < -0.39 is 10.0 Å². The molecule has 0 atom stereocenters. The third-order valence-electron chi connectivity index (χ3n) is 3.05. The predicted molar refractivity (Wildman–Crippen MR) is 93.9 cm³/mol. The fourth-order valence-electron chi connectivity index (χ4n) is 1.98. The molecule has 0 amide bonds. The van der Waals surface area contributed by atoms with Gasteiger partial charge in [-0.15, -0.1) is 0 Å². The van der Waals surface area contributed by atoms with Crippen LogP contribution in [0.3, 0.4) is 0 Å². The van der Waals surface area contributed by atoms with Crippen molar-refractivity contribution in [2.75, 3.05) is 10.1 Å². The molecular weight excluding hydrogens is 342 g/mol. The van der Waals surface area contributed by atoms with Gasteiger partial charge in [0.15, 0.2) is 5.82 Å². The van der Waals surface area contributed by atoms with Crippen LogP contribution in [0, 0.1) is 6.92 Å². The number of hydrogen-bond donors (Lipinski definition) is 2. The summed E-state index contributed by atoms with van der Waals surface area (Å²) < 4.78 is 32.2. The average Bonchev–Trinajstić information content (AvgIpc) is 3.08. The molecule has 8 nitrogen and oxygen atoms in total. The van der Waals surface area contributed by atoms with Crippen LogP contribution in [-0.2, 0) is 10.0 Å². The van der Waals surface area contributed by atoms with Crippen LogP contribution in [0.5, 0.6) is 0 Å². The van der Waals surface area contributed by atoms with E-state index in [0.717, 1.165) is 0 Å². The molecule has 0 saturated carbocycles. The van der Waals surface area contributed by atoms with Gasteiger partial charge in [0.05, 0.1) is 17.4 Å². The lowest BCUT2D eigenvalue weighted by Crippen LogP contribution is -2.15. The van der Waals surface area contributed by atoms with Gasteiger partial charge in [-0.3, -0.25) is 5.43 Å². The largest absolute Gasteiger partial charge is 0.463 e. The van der Waals surface area contributed by atoms with Crippen LogP contribution in [0.15, 0.2) is 69.2 Å². The van der Waals surface area contributed by atoms with E-state index >= 15 is 0 Å². The van der Waals surface area contributed by atoms with Gasteiger partial charge < -0.3 is 4.42 Å². The number of aryl methyl sites for hydroxylation is 1. The molecule has 2 N–H and O–H groups in total. The quantitative estimate of drug-likeness (QED) is 0.518. The van der Waals surface area contributed by atoms with Crippen molar-refractivity contribution in [1.82, 2.24) is 9.97 Å². The number of benzene rings is 1. The minimum Gasteiger partial charge on any atom is -0.463 e. The maximum Gasteiger partial charge on any atom is 0.264 e. The fraction of sp³-hybridized carbons (Fsp3) is 0.0625. The monoisotopic (exact) mass is 357 g/mol. The number of aromatic nitrogens is 2. The van der Waals surface area contributed by atoms with Gasteiger partial charge in [0.2, 0.25) is 5.95 Å². The van der Waals surface area contributed by atoms with Crippen LogP contribution in [0.4, 0.5) is 11.8 Å². The summed E-state index contributed by atoms with van der Waals surface area (Å²) >= 11 is 0. The molecule has 0 aliphatic carbocycles. The molecule has 0 unspecified atom stereocenters. The van der Waals surface area contributed by atoms with Crippen molar-refractivity contribution in [1.29, 1.82) is 0 Å². The lowest BCUT2D eigenvalue weighted by molar-refractivity contribution is 0.560. The van der Waals surface area contributed by atoms with Gasteiger partial charge in [-0.1, -0.05) is 18.2 Å². The van der Waals surface area contributed by atoms with Crippen LogP contribution in [0.2, 0.25) is 0 Å². The molecule has 9 heteroatoms. The molecule has 25 heavy (non-hydrogen) atoms. The van der Waals surface area contributed by atoms with Gasteiger partial charge >= 0.3 is 0 Å². The van der Waals surface area contributed by atoms with Crippen molar-refractivity contribution in [2.24, 2.45) is 5.10 Å². The number of furan rings is 1. The number of nitrogens with one attached hydrogen (secondary N) is 2. The van der Waals surface area contributed by atoms with Crippen LogP contribution >= 0.6 is 0 Å². The molecule has 0 aliphatic rings. The molecule has 0 bridgehead atoms. The maximum atomic E-state index is 12.3. The van der Waals surface area contributed by atoms with Gasteiger partial charge in [0, 0.05) is 11.8 Å². The zero-order valence-electron chi connectivity index (χ0n) is 13.2. The summed E-state index contributed by atoms with van der Waals surface area (Å²) in [5.41, 5.74) is 3.29. The van der Waals surface area contributed by atoms with Crippen LogP contribution in [0.1, 0.15) is 11.5 Å². The highest BCUT2D eigenvalue weighted by Gasteiger charge is 2.15. The molecule has 128 valence electrons. The van der Waals surface area contributed by atoms with Crippen LogP contribution < -0.4 is 10.1 Å². The summed E-state index contributed by atoms with van der Waals surface area (Å²) in [7, 11) is -3.76. The molecular formula is C16H15N5O3S. The van der Waals surface area contributed by atoms with E-state index in [1.807, 2.05) is 0 Å². The molecule has 1 aromatic carbocycles. The number of rotatable bonds is 6. The topological polar surface area (TPSA) is 109 Å². The molecule has 0 fully saturated rings. The fourth-order valence-corrected chi connectivity index (χ4v) is 2.94. The second kappa shape index (κ2) is 7.14. The molecule has 2 heterocycles. The summed E-state index contributed by atoms with van der Waals surface area (Å²) in [6.45, 7) is 1.73. The Bertz CT molecular complexity index is 970. The Morgan fingerprint density at radius 2 is 1.92 bits per heavy atom. The van der Waals surface area contributed by atoms with E-state index in [1.54, 1.807) is 43.3 Å². The first-order valence-corrected chi connectivity index (χ1v) is 8.77. The molecule has 0 radical (unpaired) electrons. The summed E-state index contributed by atoms with van der Waals surface area (Å²) in [5.74, 6) is 0.879.